The molecule has 0 radical (unpaired) electrons. The number of carbonyl (C=O) groups excluding carboxylic acids is 2. The predicted molar refractivity (Wildman–Crippen MR) is 93.9 cm³/mol. The summed E-state index contributed by atoms with van der Waals surface area (Å²) in [6.07, 6.45) is 5.91. The molecule has 0 bridgehead atoms. The summed E-state index contributed by atoms with van der Waals surface area (Å²) in [6, 6.07) is 4.92. The molecule has 3 rings (SSSR count). The number of carboxylic acid groups (broad SMARTS) is 1. The molecule has 2 aliphatic rings. The monoisotopic (exact) mass is 358 g/mol. The lowest BCUT2D eigenvalue weighted by Gasteiger charge is -2.32. The second kappa shape index (κ2) is 7.59. The standard InChI is InChI=1S/C19H22N2O5/c1-26-14-7-4-5-12(11-14)17(22)20-15-8-3-2-6-13-9-10-16(19(24)25)21(13)18(15)23/h2-5,7,11,13,15-16H,6,8-10H2,1H3,(H,20,22)(H,24,25)/b3-2-/t13-,15-,16+/m1/s1. The van der Waals surface area contributed by atoms with Crippen molar-refractivity contribution in [2.45, 2.75) is 43.8 Å². The number of ether oxygens (including phenoxy) is 1. The van der Waals surface area contributed by atoms with Gasteiger partial charge in [0.25, 0.3) is 5.91 Å². The predicted octanol–water partition coefficient (Wildman–Crippen LogP) is 1.59. The molecule has 0 unspecified atom stereocenters. The van der Waals surface area contributed by atoms with Gasteiger partial charge in [-0.15, -0.1) is 0 Å². The zero-order chi connectivity index (χ0) is 18.7. The maximum absolute atomic E-state index is 13.0. The Morgan fingerprint density at radius 1 is 1.23 bits per heavy atom. The minimum atomic E-state index is -0.997. The van der Waals surface area contributed by atoms with Crippen molar-refractivity contribution in [2.24, 2.45) is 0 Å². The molecule has 1 aromatic carbocycles. The van der Waals surface area contributed by atoms with Gasteiger partial charge in [0.1, 0.15) is 17.8 Å². The Morgan fingerprint density at radius 3 is 2.73 bits per heavy atom. The van der Waals surface area contributed by atoms with Gasteiger partial charge in [-0.3, -0.25) is 9.59 Å². The van der Waals surface area contributed by atoms with Gasteiger partial charge in [-0.2, -0.15) is 0 Å². The van der Waals surface area contributed by atoms with E-state index in [1.807, 2.05) is 12.2 Å². The minimum absolute atomic E-state index is 0.128. The van der Waals surface area contributed by atoms with Crippen molar-refractivity contribution in [3.63, 3.8) is 0 Å². The summed E-state index contributed by atoms with van der Waals surface area (Å²) < 4.78 is 5.12. The van der Waals surface area contributed by atoms with Crippen LogP contribution in [0.2, 0.25) is 0 Å². The smallest absolute Gasteiger partial charge is 0.326 e. The second-order valence-corrected chi connectivity index (χ2v) is 6.53. The first-order valence-corrected chi connectivity index (χ1v) is 8.66. The number of fused-ring (bicyclic) bond motifs is 1. The van der Waals surface area contributed by atoms with E-state index in [-0.39, 0.29) is 17.9 Å². The van der Waals surface area contributed by atoms with Gasteiger partial charge < -0.3 is 20.1 Å². The molecule has 1 fully saturated rings. The molecule has 2 amide bonds. The van der Waals surface area contributed by atoms with Gasteiger partial charge in [0, 0.05) is 11.6 Å². The molecule has 26 heavy (non-hydrogen) atoms. The Morgan fingerprint density at radius 2 is 2.00 bits per heavy atom. The van der Waals surface area contributed by atoms with Crippen molar-refractivity contribution < 1.29 is 24.2 Å². The van der Waals surface area contributed by atoms with Gasteiger partial charge >= 0.3 is 5.97 Å². The molecule has 7 nitrogen and oxygen atoms in total. The Hall–Kier alpha value is -2.83. The quantitative estimate of drug-likeness (QED) is 0.797. The molecule has 0 saturated carbocycles. The van der Waals surface area contributed by atoms with Gasteiger partial charge in [0.15, 0.2) is 0 Å². The van der Waals surface area contributed by atoms with E-state index in [0.717, 1.165) is 0 Å². The number of carbonyl (C=O) groups is 3. The average molecular weight is 358 g/mol. The fourth-order valence-corrected chi connectivity index (χ4v) is 3.58. The van der Waals surface area contributed by atoms with Gasteiger partial charge in [-0.25, -0.2) is 4.79 Å². The summed E-state index contributed by atoms with van der Waals surface area (Å²) in [4.78, 5) is 38.5. The Labute approximate surface area is 151 Å². The first-order valence-electron chi connectivity index (χ1n) is 8.66. The van der Waals surface area contributed by atoms with Crippen molar-refractivity contribution in [1.82, 2.24) is 10.2 Å². The van der Waals surface area contributed by atoms with Crippen LogP contribution in [-0.4, -0.2) is 53.0 Å². The summed E-state index contributed by atoms with van der Waals surface area (Å²) in [5, 5.41) is 12.2. The average Bonchev–Trinajstić information content (AvgIpc) is 3.06. The number of methoxy groups -OCH3 is 1. The molecular formula is C19H22N2O5. The summed E-state index contributed by atoms with van der Waals surface area (Å²) in [5.74, 6) is -1.17. The molecule has 1 aromatic rings. The summed E-state index contributed by atoms with van der Waals surface area (Å²) >= 11 is 0. The molecule has 7 heteroatoms. The highest BCUT2D eigenvalue weighted by Crippen LogP contribution is 2.29. The second-order valence-electron chi connectivity index (χ2n) is 6.53. The highest BCUT2D eigenvalue weighted by Gasteiger charge is 2.43. The third-order valence-electron chi connectivity index (χ3n) is 4.92. The van der Waals surface area contributed by atoms with Crippen LogP contribution in [0.5, 0.6) is 5.75 Å². The molecule has 3 atom stereocenters. The molecular weight excluding hydrogens is 336 g/mol. The molecule has 2 aliphatic heterocycles. The first kappa shape index (κ1) is 18.0. The third-order valence-corrected chi connectivity index (χ3v) is 4.92. The van der Waals surface area contributed by atoms with E-state index in [2.05, 4.69) is 5.32 Å². The Kier molecular flexibility index (Phi) is 5.25. The lowest BCUT2D eigenvalue weighted by molar-refractivity contribution is -0.150. The van der Waals surface area contributed by atoms with Crippen LogP contribution in [0.3, 0.4) is 0 Å². The molecule has 0 aliphatic carbocycles. The highest BCUT2D eigenvalue weighted by molar-refractivity contribution is 5.98. The van der Waals surface area contributed by atoms with Gasteiger partial charge in [0.2, 0.25) is 5.91 Å². The number of rotatable bonds is 4. The van der Waals surface area contributed by atoms with Gasteiger partial charge in [-0.1, -0.05) is 18.2 Å². The SMILES string of the molecule is COc1cccc(C(=O)N[C@@H]2C/C=C\C[C@@H]3CC[C@@H](C(=O)O)N3C2=O)c1. The third kappa shape index (κ3) is 3.56. The normalized spacial score (nSPS) is 26.4. The Balaban J connectivity index is 1.80. The van der Waals surface area contributed by atoms with Crippen LogP contribution < -0.4 is 10.1 Å². The van der Waals surface area contributed by atoms with Gasteiger partial charge in [0.05, 0.1) is 7.11 Å². The number of nitrogens with one attached hydrogen (secondary N) is 1. The van der Waals surface area contributed by atoms with E-state index < -0.39 is 18.1 Å². The summed E-state index contributed by atoms with van der Waals surface area (Å²) in [6.45, 7) is 0. The van der Waals surface area contributed by atoms with Crippen LogP contribution >= 0.6 is 0 Å². The van der Waals surface area contributed by atoms with Crippen LogP contribution in [0.1, 0.15) is 36.0 Å². The van der Waals surface area contributed by atoms with Crippen LogP contribution in [0.4, 0.5) is 0 Å². The van der Waals surface area contributed by atoms with Crippen molar-refractivity contribution in [3.8, 4) is 5.75 Å². The van der Waals surface area contributed by atoms with E-state index in [1.165, 1.54) is 12.0 Å². The number of amides is 2. The van der Waals surface area contributed by atoms with E-state index in [9.17, 15) is 19.5 Å². The molecule has 2 heterocycles. The van der Waals surface area contributed by atoms with Gasteiger partial charge in [-0.05, 0) is 43.9 Å². The van der Waals surface area contributed by atoms with E-state index in [1.54, 1.807) is 24.3 Å². The topological polar surface area (TPSA) is 95.9 Å². The number of carboxylic acids is 1. The molecule has 1 saturated heterocycles. The molecule has 138 valence electrons. The maximum Gasteiger partial charge on any atom is 0.326 e. The zero-order valence-corrected chi connectivity index (χ0v) is 14.6. The number of hydrogen-bond acceptors (Lipinski definition) is 4. The lowest BCUT2D eigenvalue weighted by Crippen LogP contribution is -2.54. The fraction of sp³-hybridized carbons (Fsp3) is 0.421. The number of nitrogens with zero attached hydrogens (tertiary/aromatic N) is 1. The van der Waals surface area contributed by atoms with E-state index in [0.29, 0.717) is 37.0 Å². The number of hydrogen-bond donors (Lipinski definition) is 2. The summed E-state index contributed by atoms with van der Waals surface area (Å²) in [5.41, 5.74) is 0.385. The van der Waals surface area contributed by atoms with Crippen molar-refractivity contribution in [2.75, 3.05) is 7.11 Å². The summed E-state index contributed by atoms with van der Waals surface area (Å²) in [7, 11) is 1.51. The minimum Gasteiger partial charge on any atom is -0.497 e. The molecule has 0 aromatic heterocycles. The number of benzene rings is 1. The fourth-order valence-electron chi connectivity index (χ4n) is 3.58. The largest absolute Gasteiger partial charge is 0.497 e. The van der Waals surface area contributed by atoms with Crippen LogP contribution in [0, 0.1) is 0 Å². The highest BCUT2D eigenvalue weighted by atomic mass is 16.5. The van der Waals surface area contributed by atoms with Crippen LogP contribution in [-0.2, 0) is 9.59 Å². The van der Waals surface area contributed by atoms with E-state index >= 15 is 0 Å². The van der Waals surface area contributed by atoms with Crippen molar-refractivity contribution >= 4 is 17.8 Å². The zero-order valence-electron chi connectivity index (χ0n) is 14.6. The molecule has 2 N–H and O–H groups in total. The van der Waals surface area contributed by atoms with E-state index in [4.69, 9.17) is 4.74 Å². The van der Waals surface area contributed by atoms with Crippen molar-refractivity contribution in [1.29, 1.82) is 0 Å². The Bertz CT molecular complexity index is 745. The lowest BCUT2D eigenvalue weighted by atomic mass is 10.0. The van der Waals surface area contributed by atoms with Crippen LogP contribution in [0.15, 0.2) is 36.4 Å². The number of aliphatic carboxylic acids is 1. The van der Waals surface area contributed by atoms with Crippen LogP contribution in [0.25, 0.3) is 0 Å². The molecule has 0 spiro atoms. The van der Waals surface area contributed by atoms with Crippen molar-refractivity contribution in [3.05, 3.63) is 42.0 Å². The maximum atomic E-state index is 13.0. The first-order chi connectivity index (χ1) is 12.5.